The van der Waals surface area contributed by atoms with Crippen LogP contribution in [0.15, 0.2) is 65.5 Å². The topological polar surface area (TPSA) is 86.8 Å². The van der Waals surface area contributed by atoms with Gasteiger partial charge in [-0.3, -0.25) is 9.97 Å². The second-order valence-corrected chi connectivity index (χ2v) is 8.71. The molecule has 0 bridgehead atoms. The quantitative estimate of drug-likeness (QED) is 0.289. The lowest BCUT2D eigenvalue weighted by Gasteiger charge is -2.16. The lowest BCUT2D eigenvalue weighted by atomic mass is 9.95. The molecule has 5 rings (SSSR count). The van der Waals surface area contributed by atoms with E-state index >= 15 is 8.78 Å². The van der Waals surface area contributed by atoms with Gasteiger partial charge in [-0.25, -0.2) is 18.7 Å². The maximum Gasteiger partial charge on any atom is 0.212 e. The Morgan fingerprint density at radius 1 is 0.971 bits per heavy atom. The fourth-order valence-corrected chi connectivity index (χ4v) is 4.30. The smallest absolute Gasteiger partial charge is 0.212 e. The molecule has 5 aromatic rings. The number of hydrogen-bond acceptors (Lipinski definition) is 6. The number of pyridine rings is 4. The van der Waals surface area contributed by atoms with Crippen molar-refractivity contribution in [3.8, 4) is 39.7 Å². The van der Waals surface area contributed by atoms with Crippen molar-refractivity contribution in [1.82, 2.24) is 19.9 Å². The predicted molar refractivity (Wildman–Crippen MR) is 135 cm³/mol. The van der Waals surface area contributed by atoms with Crippen LogP contribution in [0.3, 0.4) is 0 Å². The van der Waals surface area contributed by atoms with Crippen LogP contribution in [-0.2, 0) is 0 Å². The summed E-state index contributed by atoms with van der Waals surface area (Å²) in [7, 11) is 1.50. The maximum absolute atomic E-state index is 16.1. The van der Waals surface area contributed by atoms with Gasteiger partial charge >= 0.3 is 0 Å². The summed E-state index contributed by atoms with van der Waals surface area (Å²) in [5.74, 6) is -1.20. The van der Waals surface area contributed by atoms with Crippen molar-refractivity contribution >= 4 is 32.5 Å². The molecule has 6 nitrogen and oxygen atoms in total. The predicted octanol–water partition coefficient (Wildman–Crippen LogP) is 6.36. The van der Waals surface area contributed by atoms with Crippen LogP contribution in [0.2, 0.25) is 0 Å². The Balaban J connectivity index is 1.77. The largest absolute Gasteiger partial charge is 0.481 e. The van der Waals surface area contributed by atoms with Crippen molar-refractivity contribution < 1.29 is 13.5 Å². The van der Waals surface area contributed by atoms with Gasteiger partial charge in [-0.05, 0) is 47.1 Å². The summed E-state index contributed by atoms with van der Waals surface area (Å²) in [6.07, 6.45) is 4.71. The van der Waals surface area contributed by atoms with E-state index in [0.717, 1.165) is 0 Å². The number of rotatable bonds is 4. The zero-order valence-electron chi connectivity index (χ0n) is 18.7. The van der Waals surface area contributed by atoms with Crippen LogP contribution in [0.1, 0.15) is 5.56 Å². The highest BCUT2D eigenvalue weighted by Crippen LogP contribution is 2.41. The van der Waals surface area contributed by atoms with Gasteiger partial charge in [-0.15, -0.1) is 0 Å². The number of benzene rings is 1. The number of anilines is 1. The summed E-state index contributed by atoms with van der Waals surface area (Å²) in [6.45, 7) is 1.74. The number of ether oxygens (including phenoxy) is 1. The Kier molecular flexibility index (Phi) is 5.86. The molecule has 2 N–H and O–H groups in total. The third-order valence-corrected chi connectivity index (χ3v) is 6.14. The van der Waals surface area contributed by atoms with Gasteiger partial charge in [0.1, 0.15) is 11.6 Å². The Labute approximate surface area is 208 Å². The van der Waals surface area contributed by atoms with E-state index in [1.165, 1.54) is 19.4 Å². The Bertz CT molecular complexity index is 1580. The summed E-state index contributed by atoms with van der Waals surface area (Å²) in [4.78, 5) is 17.4. The molecule has 0 unspecified atom stereocenters. The minimum Gasteiger partial charge on any atom is -0.481 e. The number of nitrogen functional groups attached to an aromatic ring is 1. The maximum atomic E-state index is 16.1. The van der Waals surface area contributed by atoms with Crippen molar-refractivity contribution in [3.05, 3.63) is 82.7 Å². The van der Waals surface area contributed by atoms with Crippen LogP contribution in [0.5, 0.6) is 5.88 Å². The second kappa shape index (κ2) is 8.99. The first-order chi connectivity index (χ1) is 16.9. The van der Waals surface area contributed by atoms with Crippen molar-refractivity contribution in [2.24, 2.45) is 0 Å². The lowest BCUT2D eigenvalue weighted by Crippen LogP contribution is -2.04. The Morgan fingerprint density at radius 2 is 1.80 bits per heavy atom. The minimum absolute atomic E-state index is 0.0392. The van der Waals surface area contributed by atoms with E-state index in [-0.39, 0.29) is 27.7 Å². The summed E-state index contributed by atoms with van der Waals surface area (Å²) in [5.41, 5.74) is 9.16. The summed E-state index contributed by atoms with van der Waals surface area (Å²) >= 11 is 3.36. The number of nitrogens with zero attached hydrogens (tertiary/aromatic N) is 4. The van der Waals surface area contributed by atoms with Crippen LogP contribution >= 0.6 is 15.9 Å². The van der Waals surface area contributed by atoms with Gasteiger partial charge in [0.25, 0.3) is 0 Å². The first kappa shape index (κ1) is 22.8. The first-order valence-corrected chi connectivity index (χ1v) is 11.3. The van der Waals surface area contributed by atoms with Crippen LogP contribution in [0.25, 0.3) is 44.7 Å². The summed E-state index contributed by atoms with van der Waals surface area (Å²) in [6, 6.07) is 11.5. The van der Waals surface area contributed by atoms with Crippen molar-refractivity contribution in [1.29, 1.82) is 0 Å². The van der Waals surface area contributed by atoms with Crippen LogP contribution in [-0.4, -0.2) is 27.0 Å². The fraction of sp³-hybridized carbons (Fsp3) is 0.0769. The normalized spacial score (nSPS) is 11.1. The number of hydrogen-bond donors (Lipinski definition) is 1. The third kappa shape index (κ3) is 3.97. The molecule has 0 aliphatic rings. The van der Waals surface area contributed by atoms with E-state index in [1.807, 2.05) is 6.07 Å². The number of nitrogens with two attached hydrogens (primary N) is 1. The zero-order chi connectivity index (χ0) is 24.7. The molecule has 4 aromatic heterocycles. The van der Waals surface area contributed by atoms with E-state index in [1.54, 1.807) is 49.6 Å². The zero-order valence-corrected chi connectivity index (χ0v) is 20.3. The van der Waals surface area contributed by atoms with Crippen molar-refractivity contribution in [3.63, 3.8) is 0 Å². The van der Waals surface area contributed by atoms with E-state index in [0.29, 0.717) is 38.6 Å². The fourth-order valence-electron chi connectivity index (χ4n) is 3.97. The molecule has 0 saturated carbocycles. The SMILES string of the molecule is COc1ccc(-c2ncc(Br)cc2-c2c(F)cc3nc(-c4ccccn4)c(C)c(N)c3c2F)cn1. The third-order valence-electron chi connectivity index (χ3n) is 5.71. The van der Waals surface area contributed by atoms with Gasteiger partial charge in [0.05, 0.1) is 40.7 Å². The molecule has 174 valence electrons. The highest BCUT2D eigenvalue weighted by molar-refractivity contribution is 9.10. The highest BCUT2D eigenvalue weighted by atomic mass is 79.9. The monoisotopic (exact) mass is 533 g/mol. The van der Waals surface area contributed by atoms with E-state index in [2.05, 4.69) is 35.9 Å². The molecule has 9 heteroatoms. The van der Waals surface area contributed by atoms with Gasteiger partial charge < -0.3 is 10.5 Å². The highest BCUT2D eigenvalue weighted by Gasteiger charge is 2.24. The number of halogens is 3. The standard InChI is InChI=1S/C26H18BrF2N5O/c1-13-24(30)22-19(34-25(13)18-5-3-4-8-31-18)10-17(28)21(23(22)29)16-9-15(27)12-33-26(16)14-6-7-20(35-2)32-11-14/h3-12H,1-2H3,(H2,30,34). The van der Waals surface area contributed by atoms with Crippen LogP contribution in [0.4, 0.5) is 14.5 Å². The molecule has 0 saturated heterocycles. The molecule has 0 fully saturated rings. The van der Waals surface area contributed by atoms with Crippen molar-refractivity contribution in [2.75, 3.05) is 12.8 Å². The number of methoxy groups -OCH3 is 1. The Hall–Kier alpha value is -3.98. The molecule has 0 atom stereocenters. The molecule has 0 radical (unpaired) electrons. The summed E-state index contributed by atoms with van der Waals surface area (Å²) in [5, 5.41) is 0.0392. The molecule has 0 amide bonds. The molecule has 1 aromatic carbocycles. The molecular weight excluding hydrogens is 516 g/mol. The number of fused-ring (bicyclic) bond motifs is 1. The van der Waals surface area contributed by atoms with E-state index < -0.39 is 11.6 Å². The van der Waals surface area contributed by atoms with Gasteiger partial charge in [-0.2, -0.15) is 0 Å². The van der Waals surface area contributed by atoms with E-state index in [9.17, 15) is 0 Å². The molecule has 0 spiro atoms. The van der Waals surface area contributed by atoms with Crippen LogP contribution in [0, 0.1) is 18.6 Å². The average molecular weight is 534 g/mol. The average Bonchev–Trinajstić information content (AvgIpc) is 2.86. The molecule has 4 heterocycles. The van der Waals surface area contributed by atoms with Crippen molar-refractivity contribution in [2.45, 2.75) is 6.92 Å². The summed E-state index contributed by atoms with van der Waals surface area (Å²) < 4.78 is 37.3. The van der Waals surface area contributed by atoms with Gasteiger partial charge in [-0.1, -0.05) is 6.07 Å². The van der Waals surface area contributed by atoms with Crippen LogP contribution < -0.4 is 10.5 Å². The minimum atomic E-state index is -0.816. The Morgan fingerprint density at radius 3 is 2.49 bits per heavy atom. The molecule has 0 aliphatic carbocycles. The van der Waals surface area contributed by atoms with Gasteiger partial charge in [0.2, 0.25) is 5.88 Å². The first-order valence-electron chi connectivity index (χ1n) is 10.5. The second-order valence-electron chi connectivity index (χ2n) is 7.79. The lowest BCUT2D eigenvalue weighted by molar-refractivity contribution is 0.398. The van der Waals surface area contributed by atoms with Gasteiger partial charge in [0.15, 0.2) is 0 Å². The van der Waals surface area contributed by atoms with E-state index in [4.69, 9.17) is 10.5 Å². The van der Waals surface area contributed by atoms with Gasteiger partial charge in [0, 0.05) is 57.6 Å². The molecular formula is C26H18BrF2N5O. The molecule has 0 aliphatic heterocycles. The molecule has 35 heavy (non-hydrogen) atoms. The number of aromatic nitrogens is 4.